The van der Waals surface area contributed by atoms with Crippen LogP contribution >= 0.6 is 0 Å². The number of amides is 3. The van der Waals surface area contributed by atoms with E-state index in [1.165, 1.54) is 6.42 Å². The summed E-state index contributed by atoms with van der Waals surface area (Å²) in [5.41, 5.74) is 5.78. The van der Waals surface area contributed by atoms with Gasteiger partial charge < -0.3 is 11.1 Å². The molecule has 0 bridgehead atoms. The molecule has 6 nitrogen and oxygen atoms in total. The quantitative estimate of drug-likeness (QED) is 0.724. The van der Waals surface area contributed by atoms with Crippen LogP contribution in [0.3, 0.4) is 0 Å². The lowest BCUT2D eigenvalue weighted by Crippen LogP contribution is -2.50. The van der Waals surface area contributed by atoms with Gasteiger partial charge in [0.05, 0.1) is 6.54 Å². The molecule has 0 aromatic rings. The van der Waals surface area contributed by atoms with Crippen LogP contribution in [-0.2, 0) is 4.79 Å². The summed E-state index contributed by atoms with van der Waals surface area (Å²) in [5, 5.41) is 5.36. The number of hydrogen-bond donors (Lipinski definition) is 3. The van der Waals surface area contributed by atoms with E-state index >= 15 is 0 Å². The molecule has 126 valence electrons. The number of imide groups is 1. The van der Waals surface area contributed by atoms with E-state index in [9.17, 15) is 9.59 Å². The fourth-order valence-electron chi connectivity index (χ4n) is 3.51. The Morgan fingerprint density at radius 3 is 2.59 bits per heavy atom. The first-order valence-electron chi connectivity index (χ1n) is 8.61. The van der Waals surface area contributed by atoms with Crippen molar-refractivity contribution in [2.75, 3.05) is 26.2 Å². The van der Waals surface area contributed by atoms with Crippen LogP contribution < -0.4 is 16.4 Å². The van der Waals surface area contributed by atoms with E-state index in [-0.39, 0.29) is 24.5 Å². The van der Waals surface area contributed by atoms with Crippen LogP contribution in [0.25, 0.3) is 0 Å². The average molecular weight is 310 g/mol. The van der Waals surface area contributed by atoms with E-state index in [1.807, 2.05) is 0 Å². The van der Waals surface area contributed by atoms with Crippen molar-refractivity contribution < 1.29 is 9.59 Å². The number of urea groups is 1. The van der Waals surface area contributed by atoms with Crippen molar-refractivity contribution in [2.45, 2.75) is 51.5 Å². The first kappa shape index (κ1) is 17.2. The van der Waals surface area contributed by atoms with Gasteiger partial charge in [-0.25, -0.2) is 4.79 Å². The van der Waals surface area contributed by atoms with E-state index in [0.29, 0.717) is 18.4 Å². The van der Waals surface area contributed by atoms with Crippen molar-refractivity contribution >= 4 is 11.9 Å². The predicted molar refractivity (Wildman–Crippen MR) is 86.3 cm³/mol. The number of likely N-dealkylation sites (tertiary alicyclic amines) is 1. The summed E-state index contributed by atoms with van der Waals surface area (Å²) in [5.74, 6) is 0.829. The molecule has 1 aliphatic heterocycles. The smallest absolute Gasteiger partial charge is 0.321 e. The van der Waals surface area contributed by atoms with E-state index in [1.54, 1.807) is 0 Å². The molecule has 1 saturated carbocycles. The molecule has 22 heavy (non-hydrogen) atoms. The second-order valence-electron chi connectivity index (χ2n) is 6.85. The van der Waals surface area contributed by atoms with Gasteiger partial charge in [0.25, 0.3) is 0 Å². The zero-order valence-corrected chi connectivity index (χ0v) is 13.6. The summed E-state index contributed by atoms with van der Waals surface area (Å²) in [6.07, 6.45) is 6.65. The maximum atomic E-state index is 12.0. The van der Waals surface area contributed by atoms with Gasteiger partial charge in [-0.1, -0.05) is 26.2 Å². The molecule has 0 radical (unpaired) electrons. The van der Waals surface area contributed by atoms with Gasteiger partial charge in [-0.05, 0) is 44.2 Å². The first-order valence-corrected chi connectivity index (χ1v) is 8.61. The van der Waals surface area contributed by atoms with Crippen molar-refractivity contribution in [1.29, 1.82) is 0 Å². The zero-order valence-electron chi connectivity index (χ0n) is 13.6. The van der Waals surface area contributed by atoms with Gasteiger partial charge in [-0.15, -0.1) is 0 Å². The summed E-state index contributed by atoms with van der Waals surface area (Å²) in [4.78, 5) is 25.9. The minimum absolute atomic E-state index is 0.221. The second kappa shape index (κ2) is 8.48. The molecule has 2 rings (SSSR count). The first-order chi connectivity index (χ1) is 10.6. The fourth-order valence-corrected chi connectivity index (χ4v) is 3.51. The molecule has 2 aliphatic rings. The Hall–Kier alpha value is -1.14. The minimum Gasteiger partial charge on any atom is -0.335 e. The Morgan fingerprint density at radius 2 is 1.91 bits per heavy atom. The normalized spacial score (nSPS) is 27.4. The Labute approximate surface area is 133 Å². The molecule has 3 amide bonds. The summed E-state index contributed by atoms with van der Waals surface area (Å²) in [7, 11) is 0. The van der Waals surface area contributed by atoms with E-state index < -0.39 is 0 Å². The number of hydrogen-bond acceptors (Lipinski definition) is 4. The van der Waals surface area contributed by atoms with Gasteiger partial charge in [0.1, 0.15) is 0 Å². The van der Waals surface area contributed by atoms with Crippen molar-refractivity contribution in [3.8, 4) is 0 Å². The molecule has 0 spiro atoms. The number of carbonyl (C=O) groups excluding carboxylic acids is 2. The molecular formula is C16H30N4O2. The van der Waals surface area contributed by atoms with E-state index in [0.717, 1.165) is 45.2 Å². The zero-order chi connectivity index (χ0) is 15.9. The van der Waals surface area contributed by atoms with Crippen LogP contribution in [0.2, 0.25) is 0 Å². The van der Waals surface area contributed by atoms with Crippen LogP contribution in [0.4, 0.5) is 4.79 Å². The summed E-state index contributed by atoms with van der Waals surface area (Å²) < 4.78 is 0. The van der Waals surface area contributed by atoms with Crippen molar-refractivity contribution in [3.63, 3.8) is 0 Å². The molecule has 2 atom stereocenters. The van der Waals surface area contributed by atoms with Gasteiger partial charge in [0, 0.05) is 12.6 Å². The molecule has 1 saturated heterocycles. The molecule has 0 aromatic carbocycles. The second-order valence-corrected chi connectivity index (χ2v) is 6.85. The molecular weight excluding hydrogens is 280 g/mol. The Balaban J connectivity index is 1.69. The van der Waals surface area contributed by atoms with Gasteiger partial charge in [0.2, 0.25) is 5.91 Å². The maximum Gasteiger partial charge on any atom is 0.321 e. The molecule has 2 unspecified atom stereocenters. The third-order valence-electron chi connectivity index (χ3n) is 5.06. The lowest BCUT2D eigenvalue weighted by molar-refractivity contribution is -0.121. The maximum absolute atomic E-state index is 12.0. The molecule has 0 aromatic heterocycles. The predicted octanol–water partition coefficient (Wildman–Crippen LogP) is 1.06. The molecule has 1 heterocycles. The standard InChI is InChI=1S/C16H30N4O2/c1-12-7-8-20(10-13(12)9-17)11-15(21)19-16(22)18-14-5-3-2-4-6-14/h12-14H,2-11,17H2,1H3,(H2,18,19,21,22). The Bertz CT molecular complexity index is 382. The topological polar surface area (TPSA) is 87.5 Å². The van der Waals surface area contributed by atoms with Crippen molar-refractivity contribution in [3.05, 3.63) is 0 Å². The number of nitrogens with two attached hydrogens (primary N) is 1. The number of nitrogens with one attached hydrogen (secondary N) is 2. The van der Waals surface area contributed by atoms with E-state index in [2.05, 4.69) is 22.5 Å². The number of carbonyl (C=O) groups is 2. The van der Waals surface area contributed by atoms with Crippen molar-refractivity contribution in [1.82, 2.24) is 15.5 Å². The SMILES string of the molecule is CC1CCN(CC(=O)NC(=O)NC2CCCCC2)CC1CN. The van der Waals surface area contributed by atoms with Crippen LogP contribution in [-0.4, -0.2) is 49.1 Å². The van der Waals surface area contributed by atoms with E-state index in [4.69, 9.17) is 5.73 Å². The summed E-state index contributed by atoms with van der Waals surface area (Å²) in [6.45, 7) is 4.89. The van der Waals surface area contributed by atoms with Gasteiger partial charge in [-0.2, -0.15) is 0 Å². The Morgan fingerprint density at radius 1 is 1.18 bits per heavy atom. The van der Waals surface area contributed by atoms with Gasteiger partial charge in [0.15, 0.2) is 0 Å². The highest BCUT2D eigenvalue weighted by atomic mass is 16.2. The van der Waals surface area contributed by atoms with Crippen LogP contribution in [0.1, 0.15) is 45.4 Å². The molecule has 4 N–H and O–H groups in total. The van der Waals surface area contributed by atoms with Crippen molar-refractivity contribution in [2.24, 2.45) is 17.6 Å². The molecule has 1 aliphatic carbocycles. The number of nitrogens with zero attached hydrogens (tertiary/aromatic N) is 1. The summed E-state index contributed by atoms with van der Waals surface area (Å²) >= 11 is 0. The van der Waals surface area contributed by atoms with Crippen LogP contribution in [0.5, 0.6) is 0 Å². The lowest BCUT2D eigenvalue weighted by atomic mass is 9.87. The van der Waals surface area contributed by atoms with Gasteiger partial charge in [-0.3, -0.25) is 15.0 Å². The number of piperidine rings is 1. The minimum atomic E-state index is -0.349. The highest BCUT2D eigenvalue weighted by Gasteiger charge is 2.26. The van der Waals surface area contributed by atoms with Crippen LogP contribution in [0.15, 0.2) is 0 Å². The largest absolute Gasteiger partial charge is 0.335 e. The average Bonchev–Trinajstić information content (AvgIpc) is 2.50. The Kier molecular flexibility index (Phi) is 6.64. The molecule has 6 heteroatoms. The highest BCUT2D eigenvalue weighted by Crippen LogP contribution is 2.21. The third-order valence-corrected chi connectivity index (χ3v) is 5.06. The van der Waals surface area contributed by atoms with Crippen LogP contribution in [0, 0.1) is 11.8 Å². The fraction of sp³-hybridized carbons (Fsp3) is 0.875. The highest BCUT2D eigenvalue weighted by molar-refractivity contribution is 5.95. The van der Waals surface area contributed by atoms with Gasteiger partial charge >= 0.3 is 6.03 Å². The monoisotopic (exact) mass is 310 g/mol. The molecule has 2 fully saturated rings. The number of rotatable bonds is 4. The summed E-state index contributed by atoms with van der Waals surface area (Å²) in [6, 6.07) is -0.128. The lowest BCUT2D eigenvalue weighted by Gasteiger charge is -2.36. The third kappa shape index (κ3) is 5.25.